The third-order valence-corrected chi connectivity index (χ3v) is 24.4. The maximum atomic E-state index is 6.92. The Hall–Kier alpha value is -0.296. The van der Waals surface area contributed by atoms with Gasteiger partial charge in [-0.25, -0.2) is 0 Å². The van der Waals surface area contributed by atoms with Crippen molar-refractivity contribution in [2.24, 2.45) is 0 Å². The second-order valence-electron chi connectivity index (χ2n) is 11.4. The molecule has 15 nitrogen and oxygen atoms in total. The first-order valence-corrected chi connectivity index (χ1v) is 29.4. The number of rotatable bonds is 35. The summed E-state index contributed by atoms with van der Waals surface area (Å²) in [6.07, 6.45) is 0. The molecule has 0 aliphatic heterocycles. The smallest absolute Gasteiger partial charge is 0.370 e. The average Bonchev–Trinajstić information content (AvgIpc) is 3.15. The molecule has 0 spiro atoms. The van der Waals surface area contributed by atoms with Crippen LogP contribution in [-0.2, 0) is 66.4 Å². The van der Waals surface area contributed by atoms with E-state index in [-0.39, 0.29) is 99.1 Å². The molecule has 0 atom stereocenters. The van der Waals surface area contributed by atoms with Crippen LogP contribution in [0, 0.1) is 0 Å². The summed E-state index contributed by atoms with van der Waals surface area (Å²) >= 11 is 0. The minimum Gasteiger partial charge on any atom is -0.370 e. The van der Waals surface area contributed by atoms with Gasteiger partial charge in [-0.3, -0.25) is 0 Å². The maximum absolute atomic E-state index is 6.92. The van der Waals surface area contributed by atoms with Crippen molar-refractivity contribution in [2.45, 2.75) is 104 Å². The SMILES string of the molecule is CCO[Si](OCC)(OCC)c1cc([Si](OCC)(OCC)OCC)c([Si](OCC)(OCC)OCC)c([Si](OCC)(OCC)OCC)c1[Si](OCC)(OCC)OCC. The van der Waals surface area contributed by atoms with E-state index in [1.807, 2.05) is 110 Å². The van der Waals surface area contributed by atoms with Crippen molar-refractivity contribution < 1.29 is 66.4 Å². The molecule has 0 aliphatic rings. The van der Waals surface area contributed by atoms with E-state index in [1.54, 1.807) is 0 Å². The van der Waals surface area contributed by atoms with Gasteiger partial charge < -0.3 is 66.4 Å². The second kappa shape index (κ2) is 27.5. The van der Waals surface area contributed by atoms with Crippen LogP contribution in [0.2, 0.25) is 0 Å². The molecule has 0 saturated carbocycles. The Morgan fingerprint density at radius 1 is 0.232 bits per heavy atom. The van der Waals surface area contributed by atoms with Crippen molar-refractivity contribution in [3.8, 4) is 0 Å². The lowest BCUT2D eigenvalue weighted by atomic mass is 10.3. The standard InChI is InChI=1S/C36H76O15Si5/c1-16-37-52(38-17-2,39-18-3)32-31-33(53(40-19-4,41-20-5)42-21-6)35(55(46-25-10,47-26-11)48-27-12)36(56(49-28-13,50-29-14)51-30-15)34(32)54(43-22-7,44-23-8)45-24-9/h31H,16-30H2,1-15H3. The van der Waals surface area contributed by atoms with Gasteiger partial charge in [-0.1, -0.05) is 0 Å². The largest absolute Gasteiger partial charge is 0.537 e. The minimum absolute atomic E-state index is 0.222. The normalized spacial score (nSPS) is 13.3. The third-order valence-electron chi connectivity index (χ3n) is 7.92. The Bertz CT molecular complexity index is 1060. The van der Waals surface area contributed by atoms with Crippen molar-refractivity contribution in [2.75, 3.05) is 99.1 Å². The molecule has 0 heterocycles. The highest BCUT2D eigenvalue weighted by Gasteiger charge is 2.66. The molecule has 1 aromatic rings. The molecule has 0 saturated heterocycles. The highest BCUT2D eigenvalue weighted by atomic mass is 28.4. The van der Waals surface area contributed by atoms with Gasteiger partial charge in [-0.15, -0.1) is 0 Å². The zero-order valence-electron chi connectivity index (χ0n) is 37.3. The zero-order chi connectivity index (χ0) is 42.3. The van der Waals surface area contributed by atoms with Gasteiger partial charge in [0.25, 0.3) is 0 Å². The van der Waals surface area contributed by atoms with Gasteiger partial charge >= 0.3 is 44.0 Å². The predicted octanol–water partition coefficient (Wildman–Crippen LogP) is 2.96. The van der Waals surface area contributed by atoms with E-state index in [9.17, 15) is 0 Å². The summed E-state index contributed by atoms with van der Waals surface area (Å²) in [6, 6.07) is 1.95. The van der Waals surface area contributed by atoms with E-state index in [1.165, 1.54) is 0 Å². The van der Waals surface area contributed by atoms with Gasteiger partial charge in [0.15, 0.2) is 0 Å². The van der Waals surface area contributed by atoms with Gasteiger partial charge in [0.2, 0.25) is 0 Å². The lowest BCUT2D eigenvalue weighted by Gasteiger charge is -2.44. The average molecular weight is 889 g/mol. The highest BCUT2D eigenvalue weighted by Crippen LogP contribution is 2.23. The Labute approximate surface area is 344 Å². The third kappa shape index (κ3) is 12.4. The summed E-state index contributed by atoms with van der Waals surface area (Å²) < 4.78 is 103. The minimum atomic E-state index is -4.21. The summed E-state index contributed by atoms with van der Waals surface area (Å²) in [5.74, 6) is 0. The van der Waals surface area contributed by atoms with Crippen molar-refractivity contribution in [3.05, 3.63) is 6.07 Å². The van der Waals surface area contributed by atoms with E-state index in [0.717, 1.165) is 0 Å². The molecule has 0 bridgehead atoms. The lowest BCUT2D eigenvalue weighted by Crippen LogP contribution is -2.87. The second-order valence-corrected chi connectivity index (χ2v) is 23.8. The van der Waals surface area contributed by atoms with Gasteiger partial charge in [0.1, 0.15) is 0 Å². The van der Waals surface area contributed by atoms with Crippen molar-refractivity contribution >= 4 is 70.0 Å². The van der Waals surface area contributed by atoms with E-state index in [2.05, 4.69) is 0 Å². The molecule has 56 heavy (non-hydrogen) atoms. The van der Waals surface area contributed by atoms with Gasteiger partial charge in [0, 0.05) is 125 Å². The van der Waals surface area contributed by atoms with Gasteiger partial charge in [-0.05, 0) is 110 Å². The summed E-state index contributed by atoms with van der Waals surface area (Å²) in [5.41, 5.74) is 0. The molecule has 0 N–H and O–H groups in total. The molecule has 0 fully saturated rings. The predicted molar refractivity (Wildman–Crippen MR) is 228 cm³/mol. The van der Waals surface area contributed by atoms with Crippen LogP contribution in [0.5, 0.6) is 0 Å². The van der Waals surface area contributed by atoms with E-state index in [0.29, 0.717) is 25.9 Å². The Morgan fingerprint density at radius 3 is 0.536 bits per heavy atom. The van der Waals surface area contributed by atoms with Crippen LogP contribution in [0.15, 0.2) is 6.07 Å². The molecule has 20 heteroatoms. The Balaban J connectivity index is 5.73. The lowest BCUT2D eigenvalue weighted by molar-refractivity contribution is 0.0756. The summed E-state index contributed by atoms with van der Waals surface area (Å²) in [4.78, 5) is 0. The fourth-order valence-corrected chi connectivity index (χ4v) is 24.1. The molecule has 1 aromatic carbocycles. The molecule has 0 aliphatic carbocycles. The fraction of sp³-hybridized carbons (Fsp3) is 0.833. The van der Waals surface area contributed by atoms with E-state index < -0.39 is 44.0 Å². The molecule has 0 aromatic heterocycles. The number of hydrogen-bond donors (Lipinski definition) is 0. The topological polar surface area (TPSA) is 138 Å². The fourth-order valence-electron chi connectivity index (χ4n) is 6.70. The van der Waals surface area contributed by atoms with Crippen LogP contribution in [0.25, 0.3) is 0 Å². The van der Waals surface area contributed by atoms with E-state index >= 15 is 0 Å². The molecule has 330 valence electrons. The van der Waals surface area contributed by atoms with Crippen LogP contribution >= 0.6 is 0 Å². The van der Waals surface area contributed by atoms with Crippen molar-refractivity contribution in [3.63, 3.8) is 0 Å². The molecule has 0 unspecified atom stereocenters. The van der Waals surface area contributed by atoms with Crippen LogP contribution in [0.3, 0.4) is 0 Å². The quantitative estimate of drug-likeness (QED) is 0.0924. The first-order valence-electron chi connectivity index (χ1n) is 20.8. The van der Waals surface area contributed by atoms with Crippen LogP contribution in [0.4, 0.5) is 0 Å². The van der Waals surface area contributed by atoms with Crippen LogP contribution in [0.1, 0.15) is 104 Å². The highest BCUT2D eigenvalue weighted by molar-refractivity contribution is 6.99. The Morgan fingerprint density at radius 2 is 0.375 bits per heavy atom. The van der Waals surface area contributed by atoms with Crippen LogP contribution < -0.4 is 25.9 Å². The molecular formula is C36H76O15Si5. The van der Waals surface area contributed by atoms with Crippen molar-refractivity contribution in [1.82, 2.24) is 0 Å². The first-order chi connectivity index (χ1) is 27.0. The first kappa shape index (κ1) is 53.7. The summed E-state index contributed by atoms with van der Waals surface area (Å²) in [5, 5.41) is 2.44. The van der Waals surface area contributed by atoms with Crippen molar-refractivity contribution in [1.29, 1.82) is 0 Å². The summed E-state index contributed by atoms with van der Waals surface area (Å²) in [7, 11) is -20.5. The maximum Gasteiger partial charge on any atom is 0.537 e. The molecule has 0 radical (unpaired) electrons. The molecular weight excluding hydrogens is 813 g/mol. The molecule has 1 rings (SSSR count). The van der Waals surface area contributed by atoms with Gasteiger partial charge in [0.05, 0.1) is 0 Å². The van der Waals surface area contributed by atoms with E-state index in [4.69, 9.17) is 66.4 Å². The summed E-state index contributed by atoms with van der Waals surface area (Å²) in [6.45, 7) is 32.2. The zero-order valence-corrected chi connectivity index (χ0v) is 42.3. The van der Waals surface area contributed by atoms with Crippen LogP contribution in [-0.4, -0.2) is 143 Å². The monoisotopic (exact) mass is 888 g/mol. The Kier molecular flexibility index (Phi) is 26.4. The number of hydrogen-bond acceptors (Lipinski definition) is 15. The van der Waals surface area contributed by atoms with Gasteiger partial charge in [-0.2, -0.15) is 0 Å². The molecule has 0 amide bonds. The number of benzene rings is 1.